The van der Waals surface area contributed by atoms with Gasteiger partial charge in [-0.05, 0) is 102 Å². The molecule has 8 rings (SSSR count). The topological polar surface area (TPSA) is 186 Å². The van der Waals surface area contributed by atoms with E-state index in [0.29, 0.717) is 17.8 Å². The normalized spacial score (nSPS) is 12.5. The Hall–Kier alpha value is -8.52. The van der Waals surface area contributed by atoms with Crippen molar-refractivity contribution >= 4 is 70.5 Å². The first kappa shape index (κ1) is 37.4. The number of cyclic esters (lactones) is 4. The zero-order valence-electron chi connectivity index (χ0n) is 30.5. The van der Waals surface area contributed by atoms with Crippen molar-refractivity contribution in [1.82, 2.24) is 0 Å². The van der Waals surface area contributed by atoms with Gasteiger partial charge in [-0.25, -0.2) is 38.6 Å². The van der Waals surface area contributed by atoms with Crippen LogP contribution in [0.25, 0.3) is 0 Å². The second-order valence-corrected chi connectivity index (χ2v) is 13.3. The first-order valence-electron chi connectivity index (χ1n) is 17.9. The van der Waals surface area contributed by atoms with Crippen LogP contribution in [0, 0.1) is 0 Å². The molecular weight excluding hydrogens is 757 g/mol. The number of carbonyl (C=O) groups is 8. The fraction of sp³-hybridized carbons (Fsp3) is 0.0222. The maximum atomic E-state index is 13.9. The summed E-state index contributed by atoms with van der Waals surface area (Å²) in [5.41, 5.74) is 2.89. The number of rotatable bonds is 8. The fourth-order valence-electron chi connectivity index (χ4n) is 6.51. The summed E-state index contributed by atoms with van der Waals surface area (Å²) in [7, 11) is 0. The molecule has 0 radical (unpaired) electrons. The Morgan fingerprint density at radius 2 is 0.814 bits per heavy atom. The molecule has 0 aliphatic carbocycles. The zero-order chi connectivity index (χ0) is 41.2. The molecular formula is C45H28N4O10. The number of para-hydroxylation sites is 2. The number of amides is 6. The monoisotopic (exact) mass is 784 g/mol. The minimum absolute atomic E-state index is 0.00686. The number of urea groups is 2. The zero-order valence-corrected chi connectivity index (χ0v) is 30.5. The number of imide groups is 2. The van der Waals surface area contributed by atoms with Crippen molar-refractivity contribution in [2.45, 2.75) is 6.42 Å². The highest BCUT2D eigenvalue weighted by Crippen LogP contribution is 2.27. The van der Waals surface area contributed by atoms with Crippen molar-refractivity contribution in [2.24, 2.45) is 0 Å². The Bertz CT molecular complexity index is 2730. The number of esters is 4. The molecule has 0 spiro atoms. The Morgan fingerprint density at radius 3 is 1.29 bits per heavy atom. The van der Waals surface area contributed by atoms with Gasteiger partial charge < -0.3 is 20.1 Å². The number of ether oxygens (including phenoxy) is 2. The van der Waals surface area contributed by atoms with Gasteiger partial charge >= 0.3 is 35.9 Å². The van der Waals surface area contributed by atoms with Gasteiger partial charge in [0.15, 0.2) is 0 Å². The minimum Gasteiger partial charge on any atom is -0.386 e. The molecule has 288 valence electrons. The van der Waals surface area contributed by atoms with Gasteiger partial charge in [-0.1, -0.05) is 60.7 Å². The molecule has 2 N–H and O–H groups in total. The Kier molecular flexibility index (Phi) is 9.86. The van der Waals surface area contributed by atoms with Gasteiger partial charge in [-0.15, -0.1) is 0 Å². The number of hydrogen-bond acceptors (Lipinski definition) is 10. The van der Waals surface area contributed by atoms with Crippen molar-refractivity contribution in [3.8, 4) is 0 Å². The van der Waals surface area contributed by atoms with Crippen LogP contribution in [0.1, 0.15) is 73.3 Å². The number of hydrogen-bond donors (Lipinski definition) is 2. The highest BCUT2D eigenvalue weighted by molar-refractivity contribution is 6.26. The summed E-state index contributed by atoms with van der Waals surface area (Å²) in [4.78, 5) is 105. The maximum absolute atomic E-state index is 13.9. The van der Waals surface area contributed by atoms with E-state index in [1.807, 2.05) is 0 Å². The van der Waals surface area contributed by atoms with E-state index in [-0.39, 0.29) is 44.8 Å². The van der Waals surface area contributed by atoms with Crippen LogP contribution in [0.4, 0.5) is 32.3 Å². The third-order valence-corrected chi connectivity index (χ3v) is 9.44. The lowest BCUT2D eigenvalue weighted by Crippen LogP contribution is -2.40. The van der Waals surface area contributed by atoms with Gasteiger partial charge in [0.1, 0.15) is 0 Å². The maximum Gasteiger partial charge on any atom is 0.346 e. The molecule has 6 aromatic carbocycles. The summed E-state index contributed by atoms with van der Waals surface area (Å²) in [6.07, 6.45) is 0.428. The second-order valence-electron chi connectivity index (χ2n) is 13.3. The van der Waals surface area contributed by atoms with Crippen LogP contribution in [-0.4, -0.2) is 47.8 Å². The molecule has 0 bridgehead atoms. The largest absolute Gasteiger partial charge is 0.386 e. The number of nitrogens with one attached hydrogen (secondary N) is 2. The third kappa shape index (κ3) is 7.56. The van der Waals surface area contributed by atoms with E-state index < -0.39 is 47.8 Å². The molecule has 59 heavy (non-hydrogen) atoms. The van der Waals surface area contributed by atoms with Crippen LogP contribution in [0.5, 0.6) is 0 Å². The van der Waals surface area contributed by atoms with Crippen LogP contribution in [0.2, 0.25) is 0 Å². The van der Waals surface area contributed by atoms with Gasteiger partial charge in [0, 0.05) is 22.5 Å². The van der Waals surface area contributed by atoms with Crippen molar-refractivity contribution < 1.29 is 47.8 Å². The average Bonchev–Trinajstić information content (AvgIpc) is 3.70. The fourth-order valence-corrected chi connectivity index (χ4v) is 6.51. The van der Waals surface area contributed by atoms with E-state index in [2.05, 4.69) is 20.1 Å². The highest BCUT2D eigenvalue weighted by atomic mass is 16.6. The molecule has 6 amide bonds. The summed E-state index contributed by atoms with van der Waals surface area (Å²) < 4.78 is 9.29. The van der Waals surface area contributed by atoms with Crippen molar-refractivity contribution in [3.63, 3.8) is 0 Å². The van der Waals surface area contributed by atoms with Gasteiger partial charge in [-0.3, -0.25) is 9.59 Å². The molecule has 0 saturated heterocycles. The predicted molar refractivity (Wildman–Crippen MR) is 213 cm³/mol. The van der Waals surface area contributed by atoms with Crippen LogP contribution < -0.4 is 20.4 Å². The van der Waals surface area contributed by atoms with E-state index >= 15 is 0 Å². The Morgan fingerprint density at radius 1 is 0.424 bits per heavy atom. The van der Waals surface area contributed by atoms with E-state index in [1.54, 1.807) is 109 Å². The molecule has 0 atom stereocenters. The quantitative estimate of drug-likeness (QED) is 0.115. The molecule has 14 heteroatoms. The van der Waals surface area contributed by atoms with E-state index in [1.165, 1.54) is 36.4 Å². The van der Waals surface area contributed by atoms with Gasteiger partial charge in [0.2, 0.25) is 0 Å². The summed E-state index contributed by atoms with van der Waals surface area (Å²) in [6.45, 7) is 0. The molecule has 6 aromatic rings. The predicted octanol–water partition coefficient (Wildman–Crippen LogP) is 7.66. The van der Waals surface area contributed by atoms with Crippen LogP contribution >= 0.6 is 0 Å². The number of anilines is 4. The smallest absolute Gasteiger partial charge is 0.346 e. The summed E-state index contributed by atoms with van der Waals surface area (Å²) in [5.74, 6) is -4.88. The average molecular weight is 785 g/mol. The molecule has 2 aliphatic heterocycles. The molecule has 0 unspecified atom stereocenters. The molecule has 2 aliphatic rings. The van der Waals surface area contributed by atoms with E-state index in [9.17, 15) is 38.4 Å². The van der Waals surface area contributed by atoms with Gasteiger partial charge in [-0.2, -0.15) is 0 Å². The third-order valence-electron chi connectivity index (χ3n) is 9.44. The Labute approximate surface area is 334 Å². The minimum atomic E-state index is -0.884. The summed E-state index contributed by atoms with van der Waals surface area (Å²) in [5, 5.41) is 5.46. The van der Waals surface area contributed by atoms with Gasteiger partial charge in [0.25, 0.3) is 11.8 Å². The molecule has 2 heterocycles. The van der Waals surface area contributed by atoms with Crippen molar-refractivity contribution in [3.05, 3.63) is 190 Å². The van der Waals surface area contributed by atoms with E-state index in [0.717, 1.165) is 20.9 Å². The van der Waals surface area contributed by atoms with E-state index in [4.69, 9.17) is 0 Å². The number of fused-ring (bicyclic) bond motifs is 2. The second kappa shape index (κ2) is 15.5. The van der Waals surface area contributed by atoms with Crippen molar-refractivity contribution in [1.29, 1.82) is 0 Å². The number of benzene rings is 6. The molecule has 14 nitrogen and oxygen atoms in total. The molecule has 0 fully saturated rings. The lowest BCUT2D eigenvalue weighted by molar-refractivity contribution is 0.0425. The SMILES string of the molecule is O=C1OC(=O)c2cc(C(=O)N(C(=O)Nc3ccc(Cc4ccc(N(C(=O)Nc5ccccc5)C(=O)c5ccc6c(c5)C(=O)OC6=O)cc4)cc3)c3ccccc3)ccc21. The summed E-state index contributed by atoms with van der Waals surface area (Å²) >= 11 is 0. The number of nitrogens with zero attached hydrogens (tertiary/aromatic N) is 2. The Balaban J connectivity index is 0.984. The van der Waals surface area contributed by atoms with Crippen molar-refractivity contribution in [2.75, 3.05) is 20.4 Å². The van der Waals surface area contributed by atoms with Gasteiger partial charge in [0.05, 0.1) is 33.6 Å². The first-order valence-corrected chi connectivity index (χ1v) is 17.9. The number of carbonyl (C=O) groups excluding carboxylic acids is 8. The first-order chi connectivity index (χ1) is 28.5. The lowest BCUT2D eigenvalue weighted by Gasteiger charge is -2.22. The molecule has 0 aromatic heterocycles. The van der Waals surface area contributed by atoms with Crippen LogP contribution in [-0.2, 0) is 15.9 Å². The standard InChI is InChI=1S/C45H28N4O10/c50-38(28-15-21-34-36(24-28)42(54)58-40(34)52)48(32-9-5-2-6-10-32)45(57)47-31-17-11-26(12-18-31)23-27-13-19-33(20-14-27)49(44(56)46-30-7-3-1-4-8-30)39(51)29-16-22-35-37(25-29)43(55)59-41(35)53/h1-22,24-25H,23H2,(H,46,56)(H,47,57). The molecule has 0 saturated carbocycles. The summed E-state index contributed by atoms with van der Waals surface area (Å²) in [6, 6.07) is 36.6. The van der Waals surface area contributed by atoms with Crippen LogP contribution in [0.15, 0.2) is 146 Å². The lowest BCUT2D eigenvalue weighted by atomic mass is 10.0. The highest BCUT2D eigenvalue weighted by Gasteiger charge is 2.34. The van der Waals surface area contributed by atoms with Crippen LogP contribution in [0.3, 0.4) is 0 Å².